The highest BCUT2D eigenvalue weighted by Gasteiger charge is 2.42. The van der Waals surface area contributed by atoms with Gasteiger partial charge >= 0.3 is 0 Å². The first-order valence-corrected chi connectivity index (χ1v) is 9.03. The fourth-order valence-corrected chi connectivity index (χ4v) is 4.29. The van der Waals surface area contributed by atoms with Crippen LogP contribution < -0.4 is 5.32 Å². The lowest BCUT2D eigenvalue weighted by atomic mass is 9.77. The van der Waals surface area contributed by atoms with Crippen molar-refractivity contribution in [3.05, 3.63) is 34.3 Å². The lowest BCUT2D eigenvalue weighted by Crippen LogP contribution is -2.68. The van der Waals surface area contributed by atoms with Gasteiger partial charge in [-0.1, -0.05) is 47.3 Å². The number of nitrogens with zero attached hydrogens (tertiary/aromatic N) is 1. The van der Waals surface area contributed by atoms with Gasteiger partial charge in [-0.15, -0.1) is 0 Å². The molecule has 21 heavy (non-hydrogen) atoms. The van der Waals surface area contributed by atoms with Crippen molar-refractivity contribution in [2.45, 2.75) is 63.6 Å². The van der Waals surface area contributed by atoms with Gasteiger partial charge in [0.15, 0.2) is 0 Å². The summed E-state index contributed by atoms with van der Waals surface area (Å²) >= 11 is 3.59. The molecule has 2 aliphatic rings. The van der Waals surface area contributed by atoms with Gasteiger partial charge in [0.2, 0.25) is 0 Å². The van der Waals surface area contributed by atoms with E-state index in [2.05, 4.69) is 64.3 Å². The molecule has 0 aromatic heterocycles. The average Bonchev–Trinajstić information content (AvgIpc) is 2.45. The Bertz CT molecular complexity index is 492. The van der Waals surface area contributed by atoms with Gasteiger partial charge in [-0.25, -0.2) is 0 Å². The van der Waals surface area contributed by atoms with Crippen LogP contribution in [0.5, 0.6) is 0 Å². The van der Waals surface area contributed by atoms with E-state index < -0.39 is 0 Å². The molecule has 3 heteroatoms. The van der Waals surface area contributed by atoms with Crippen LogP contribution in [0.15, 0.2) is 28.7 Å². The summed E-state index contributed by atoms with van der Waals surface area (Å²) in [6.45, 7) is 8.07. The van der Waals surface area contributed by atoms with Crippen molar-refractivity contribution in [3.63, 3.8) is 0 Å². The van der Waals surface area contributed by atoms with E-state index in [1.807, 2.05) is 0 Å². The third kappa shape index (κ3) is 3.52. The molecule has 2 fully saturated rings. The maximum absolute atomic E-state index is 3.90. The van der Waals surface area contributed by atoms with Gasteiger partial charge in [0, 0.05) is 35.2 Å². The fraction of sp³-hybridized carbons (Fsp3) is 0.667. The highest BCUT2D eigenvalue weighted by molar-refractivity contribution is 9.10. The normalized spacial score (nSPS) is 25.1. The number of rotatable bonds is 2. The van der Waals surface area contributed by atoms with Crippen LogP contribution in [-0.4, -0.2) is 29.1 Å². The predicted octanol–water partition coefficient (Wildman–Crippen LogP) is 4.34. The molecule has 3 rings (SSSR count). The minimum absolute atomic E-state index is 0.227. The summed E-state index contributed by atoms with van der Waals surface area (Å²) in [5.74, 6) is 0. The Kier molecular flexibility index (Phi) is 4.45. The summed E-state index contributed by atoms with van der Waals surface area (Å²) in [5.41, 5.74) is 2.01. The molecule has 0 atom stereocenters. The van der Waals surface area contributed by atoms with E-state index in [0.29, 0.717) is 5.54 Å². The van der Waals surface area contributed by atoms with Crippen molar-refractivity contribution in [2.24, 2.45) is 0 Å². The topological polar surface area (TPSA) is 15.3 Å². The van der Waals surface area contributed by atoms with Crippen molar-refractivity contribution in [1.82, 2.24) is 10.2 Å². The summed E-state index contributed by atoms with van der Waals surface area (Å²) in [4.78, 5) is 2.69. The van der Waals surface area contributed by atoms with Crippen molar-refractivity contribution in [1.29, 1.82) is 0 Å². The summed E-state index contributed by atoms with van der Waals surface area (Å²) in [5, 5.41) is 3.90. The summed E-state index contributed by atoms with van der Waals surface area (Å²) < 4.78 is 1.18. The maximum Gasteiger partial charge on any atom is 0.0309 e. The molecule has 1 saturated carbocycles. The van der Waals surface area contributed by atoms with Crippen LogP contribution in [0.2, 0.25) is 0 Å². The van der Waals surface area contributed by atoms with Crippen molar-refractivity contribution in [2.75, 3.05) is 13.1 Å². The lowest BCUT2D eigenvalue weighted by molar-refractivity contribution is 0.00484. The number of halogens is 1. The van der Waals surface area contributed by atoms with Gasteiger partial charge in [-0.2, -0.15) is 0 Å². The van der Waals surface area contributed by atoms with Crippen LogP contribution in [0.1, 0.15) is 51.5 Å². The molecule has 1 aromatic carbocycles. The molecule has 0 radical (unpaired) electrons. The van der Waals surface area contributed by atoms with Gasteiger partial charge in [0.05, 0.1) is 0 Å². The van der Waals surface area contributed by atoms with Crippen LogP contribution in [0.4, 0.5) is 0 Å². The van der Waals surface area contributed by atoms with E-state index in [1.165, 1.54) is 48.7 Å². The van der Waals surface area contributed by atoms with E-state index in [4.69, 9.17) is 0 Å². The second kappa shape index (κ2) is 6.02. The molecule has 1 saturated heterocycles. The minimum atomic E-state index is 0.227. The molecule has 1 N–H and O–H groups in total. The molecule has 0 unspecified atom stereocenters. The van der Waals surface area contributed by atoms with Gasteiger partial charge in [-0.3, -0.25) is 4.90 Å². The van der Waals surface area contributed by atoms with Crippen LogP contribution in [-0.2, 0) is 6.54 Å². The Morgan fingerprint density at radius 1 is 1.19 bits per heavy atom. The molecule has 2 nitrogen and oxygen atoms in total. The van der Waals surface area contributed by atoms with Crippen LogP contribution in [0.25, 0.3) is 0 Å². The molecule has 1 heterocycles. The third-order valence-corrected chi connectivity index (χ3v) is 5.81. The first kappa shape index (κ1) is 15.5. The lowest BCUT2D eigenvalue weighted by Gasteiger charge is -2.53. The number of benzene rings is 1. The molecular formula is C18H27BrN2. The van der Waals surface area contributed by atoms with E-state index in [-0.39, 0.29) is 5.54 Å². The van der Waals surface area contributed by atoms with Crippen molar-refractivity contribution >= 4 is 15.9 Å². The van der Waals surface area contributed by atoms with Crippen LogP contribution in [0.3, 0.4) is 0 Å². The molecular weight excluding hydrogens is 324 g/mol. The second-order valence-electron chi connectivity index (χ2n) is 7.49. The number of hydrogen-bond donors (Lipinski definition) is 1. The Balaban J connectivity index is 1.77. The fourth-order valence-electron chi connectivity index (χ4n) is 3.84. The van der Waals surface area contributed by atoms with Gasteiger partial charge in [0.1, 0.15) is 0 Å². The van der Waals surface area contributed by atoms with Crippen LogP contribution >= 0.6 is 15.9 Å². The highest BCUT2D eigenvalue weighted by Crippen LogP contribution is 2.35. The number of nitrogens with one attached hydrogen (secondary N) is 1. The Labute approximate surface area is 137 Å². The van der Waals surface area contributed by atoms with Crippen molar-refractivity contribution < 1.29 is 0 Å². The SMILES string of the molecule is CC1(C)CNC2(CCCCC2)CN1Cc1cccc(Br)c1. The zero-order valence-electron chi connectivity index (χ0n) is 13.3. The largest absolute Gasteiger partial charge is 0.308 e. The second-order valence-corrected chi connectivity index (χ2v) is 8.41. The highest BCUT2D eigenvalue weighted by atomic mass is 79.9. The van der Waals surface area contributed by atoms with E-state index in [9.17, 15) is 0 Å². The molecule has 116 valence electrons. The quantitative estimate of drug-likeness (QED) is 0.853. The smallest absolute Gasteiger partial charge is 0.0309 e. The standard InChI is InChI=1S/C18H27BrN2/c1-17(2)13-20-18(9-4-3-5-10-18)14-21(17)12-15-7-6-8-16(19)11-15/h6-8,11,20H,3-5,9-10,12-14H2,1-2H3. The molecule has 1 aliphatic heterocycles. The first-order valence-electron chi connectivity index (χ1n) is 8.24. The third-order valence-electron chi connectivity index (χ3n) is 5.32. The Morgan fingerprint density at radius 2 is 1.95 bits per heavy atom. The minimum Gasteiger partial charge on any atom is -0.308 e. The van der Waals surface area contributed by atoms with E-state index in [0.717, 1.165) is 13.1 Å². The number of piperazine rings is 1. The van der Waals surface area contributed by atoms with Crippen molar-refractivity contribution in [3.8, 4) is 0 Å². The van der Waals surface area contributed by atoms with Crippen LogP contribution in [0, 0.1) is 0 Å². The zero-order chi connectivity index (χ0) is 14.9. The zero-order valence-corrected chi connectivity index (χ0v) is 14.9. The monoisotopic (exact) mass is 350 g/mol. The van der Waals surface area contributed by atoms with Gasteiger partial charge in [0.25, 0.3) is 0 Å². The van der Waals surface area contributed by atoms with Gasteiger partial charge in [-0.05, 0) is 44.4 Å². The first-order chi connectivity index (χ1) is 9.99. The summed E-state index contributed by atoms with van der Waals surface area (Å²) in [6, 6.07) is 8.75. The Hall–Kier alpha value is -0.380. The predicted molar refractivity (Wildman–Crippen MR) is 92.4 cm³/mol. The Morgan fingerprint density at radius 3 is 2.67 bits per heavy atom. The summed E-state index contributed by atoms with van der Waals surface area (Å²) in [7, 11) is 0. The maximum atomic E-state index is 3.90. The van der Waals surface area contributed by atoms with E-state index in [1.54, 1.807) is 0 Å². The molecule has 1 spiro atoms. The average molecular weight is 351 g/mol. The molecule has 0 bridgehead atoms. The summed E-state index contributed by atoms with van der Waals surface area (Å²) in [6.07, 6.45) is 6.88. The van der Waals surface area contributed by atoms with E-state index >= 15 is 0 Å². The van der Waals surface area contributed by atoms with Gasteiger partial charge < -0.3 is 5.32 Å². The molecule has 1 aromatic rings. The number of hydrogen-bond acceptors (Lipinski definition) is 2. The molecule has 1 aliphatic carbocycles. The molecule has 0 amide bonds.